The minimum Gasteiger partial charge on any atom is -1.00 e. The average molecular weight is 541 g/mol. The Morgan fingerprint density at radius 2 is 1.87 bits per heavy atom. The highest BCUT2D eigenvalue weighted by molar-refractivity contribution is 5.99. The molecular formula is C23H28INO6. The highest BCUT2D eigenvalue weighted by Crippen LogP contribution is 2.51. The van der Waals surface area contributed by atoms with Crippen LogP contribution in [0, 0.1) is 0 Å². The van der Waals surface area contributed by atoms with Crippen LogP contribution in [0.4, 0.5) is 0 Å². The number of carbonyl (C=O) groups is 1. The largest absolute Gasteiger partial charge is 1.00 e. The van der Waals surface area contributed by atoms with Gasteiger partial charge >= 0.3 is 0 Å². The summed E-state index contributed by atoms with van der Waals surface area (Å²) in [5.41, 5.74) is 2.72. The minimum absolute atomic E-state index is 0. The van der Waals surface area contributed by atoms with Gasteiger partial charge in [0, 0.05) is 12.5 Å². The van der Waals surface area contributed by atoms with Crippen molar-refractivity contribution < 1.29 is 56.9 Å². The Morgan fingerprint density at radius 1 is 1.10 bits per heavy atom. The molecule has 0 aliphatic carbocycles. The lowest BCUT2D eigenvalue weighted by Gasteiger charge is -2.43. The Morgan fingerprint density at radius 3 is 2.55 bits per heavy atom. The maximum absolute atomic E-state index is 13.4. The first-order valence-electron chi connectivity index (χ1n) is 9.97. The molecule has 168 valence electrons. The molecule has 0 N–H and O–H groups in total. The molecule has 2 heterocycles. The van der Waals surface area contributed by atoms with Gasteiger partial charge in [0.1, 0.15) is 17.5 Å². The molecule has 2 aliphatic heterocycles. The molecule has 0 aromatic heterocycles. The molecule has 31 heavy (non-hydrogen) atoms. The van der Waals surface area contributed by atoms with Crippen LogP contribution < -0.4 is 47.7 Å². The van der Waals surface area contributed by atoms with Gasteiger partial charge < -0.3 is 52.1 Å². The van der Waals surface area contributed by atoms with Gasteiger partial charge in [-0.05, 0) is 23.8 Å². The second kappa shape index (κ2) is 9.12. The monoisotopic (exact) mass is 541 g/mol. The number of likely N-dealkylation sites (N-methyl/N-ethyl adjacent to an activating group) is 1. The van der Waals surface area contributed by atoms with E-state index in [1.807, 2.05) is 6.07 Å². The smallest absolute Gasteiger partial charge is 0.231 e. The fourth-order valence-electron chi connectivity index (χ4n) is 4.43. The van der Waals surface area contributed by atoms with Crippen molar-refractivity contribution in [1.29, 1.82) is 0 Å². The molecule has 2 aromatic carbocycles. The highest BCUT2D eigenvalue weighted by atomic mass is 127. The van der Waals surface area contributed by atoms with E-state index in [1.165, 1.54) is 0 Å². The highest BCUT2D eigenvalue weighted by Gasteiger charge is 2.42. The molecule has 2 aromatic rings. The van der Waals surface area contributed by atoms with Crippen molar-refractivity contribution in [3.63, 3.8) is 0 Å². The van der Waals surface area contributed by atoms with Gasteiger partial charge in [0.05, 0.1) is 59.5 Å². The number of methoxy groups -OCH3 is 3. The summed E-state index contributed by atoms with van der Waals surface area (Å²) in [4.78, 5) is 13.4. The second-order valence-electron chi connectivity index (χ2n) is 8.18. The number of halogens is 1. The second-order valence-corrected chi connectivity index (χ2v) is 8.18. The lowest BCUT2D eigenvalue weighted by Crippen LogP contribution is -3.00. The zero-order valence-corrected chi connectivity index (χ0v) is 20.6. The fourth-order valence-corrected chi connectivity index (χ4v) is 4.43. The number of rotatable bonds is 6. The van der Waals surface area contributed by atoms with Crippen LogP contribution in [0.2, 0.25) is 0 Å². The van der Waals surface area contributed by atoms with Gasteiger partial charge in [-0.25, -0.2) is 0 Å². The summed E-state index contributed by atoms with van der Waals surface area (Å²) < 4.78 is 28.4. The predicted octanol–water partition coefficient (Wildman–Crippen LogP) is 0.392. The average Bonchev–Trinajstić information content (AvgIpc) is 3.21. The van der Waals surface area contributed by atoms with E-state index in [0.29, 0.717) is 45.2 Å². The summed E-state index contributed by atoms with van der Waals surface area (Å²) in [7, 11) is 9.08. The Hall–Kier alpha value is -2.20. The molecular weight excluding hydrogens is 513 g/mol. The quantitative estimate of drug-likeness (QED) is 0.300. The molecule has 0 bridgehead atoms. The zero-order chi connectivity index (χ0) is 21.5. The molecule has 1 atom stereocenters. The molecule has 2 aliphatic rings. The fraction of sp³-hybridized carbons (Fsp3) is 0.435. The van der Waals surface area contributed by atoms with Gasteiger partial charge in [0.25, 0.3) is 0 Å². The zero-order valence-electron chi connectivity index (χ0n) is 18.5. The van der Waals surface area contributed by atoms with E-state index in [-0.39, 0.29) is 42.6 Å². The van der Waals surface area contributed by atoms with Crippen LogP contribution in [0.5, 0.6) is 28.7 Å². The predicted molar refractivity (Wildman–Crippen MR) is 111 cm³/mol. The molecule has 1 unspecified atom stereocenters. The van der Waals surface area contributed by atoms with Gasteiger partial charge in [0.15, 0.2) is 17.3 Å². The normalized spacial score (nSPS) is 17.9. The maximum Gasteiger partial charge on any atom is 0.231 e. The molecule has 0 spiro atoms. The number of Topliss-reactive ketones (excluding diaryl/α,β-unsaturated/α-hetero) is 1. The lowest BCUT2D eigenvalue weighted by atomic mass is 9.85. The topological polar surface area (TPSA) is 63.2 Å². The summed E-state index contributed by atoms with van der Waals surface area (Å²) in [6, 6.07) is 7.23. The summed E-state index contributed by atoms with van der Waals surface area (Å²) in [5.74, 6) is 3.18. The van der Waals surface area contributed by atoms with Crippen molar-refractivity contribution in [2.45, 2.75) is 18.9 Å². The van der Waals surface area contributed by atoms with E-state index in [0.717, 1.165) is 24.1 Å². The number of hydrogen-bond donors (Lipinski definition) is 0. The Balaban J connectivity index is 0.00000272. The number of quaternary nitrogens is 1. The van der Waals surface area contributed by atoms with Crippen molar-refractivity contribution in [3.8, 4) is 28.7 Å². The molecule has 0 fully saturated rings. The number of ether oxygens (including phenoxy) is 5. The first kappa shape index (κ1) is 23.5. The van der Waals surface area contributed by atoms with Crippen molar-refractivity contribution in [3.05, 3.63) is 41.0 Å². The van der Waals surface area contributed by atoms with Gasteiger partial charge in [-0.1, -0.05) is 0 Å². The standard InChI is InChI=1S/C23H28NO6.HI/c1-24(2)9-8-14-10-20-22(30-13-29-20)23(28-5)21(14)17(24)12-18(25)16-7-6-15(26-3)11-19(16)27-4;/h6-7,10-11,17H,8-9,12-13H2,1-5H3;1H/q+1;/p-1. The Kier molecular flexibility index (Phi) is 6.90. The third-order valence-electron chi connectivity index (χ3n) is 6.17. The van der Waals surface area contributed by atoms with Crippen molar-refractivity contribution in [2.24, 2.45) is 0 Å². The first-order chi connectivity index (χ1) is 14.4. The summed E-state index contributed by atoms with van der Waals surface area (Å²) in [6.45, 7) is 1.09. The number of ketones is 1. The van der Waals surface area contributed by atoms with Gasteiger partial charge in [-0.15, -0.1) is 0 Å². The SMILES string of the molecule is COc1ccc(C(=O)CC2c3c(cc4c(c3OC)OCO4)CC[N+]2(C)C)c(OC)c1.[I-]. The third-order valence-corrected chi connectivity index (χ3v) is 6.17. The maximum atomic E-state index is 13.4. The Bertz CT molecular complexity index is 991. The van der Waals surface area contributed by atoms with E-state index in [1.54, 1.807) is 39.5 Å². The van der Waals surface area contributed by atoms with Gasteiger partial charge in [0.2, 0.25) is 12.5 Å². The van der Waals surface area contributed by atoms with Crippen molar-refractivity contribution in [1.82, 2.24) is 0 Å². The van der Waals surface area contributed by atoms with E-state index in [9.17, 15) is 4.79 Å². The molecule has 0 amide bonds. The van der Waals surface area contributed by atoms with E-state index < -0.39 is 0 Å². The van der Waals surface area contributed by atoms with Crippen LogP contribution >= 0.6 is 0 Å². The van der Waals surface area contributed by atoms with Crippen molar-refractivity contribution >= 4 is 5.78 Å². The lowest BCUT2D eigenvalue weighted by molar-refractivity contribution is -0.922. The van der Waals surface area contributed by atoms with Crippen LogP contribution in [0.1, 0.15) is 33.9 Å². The molecule has 8 heteroatoms. The van der Waals surface area contributed by atoms with Crippen LogP contribution in [0.3, 0.4) is 0 Å². The third kappa shape index (κ3) is 4.15. The van der Waals surface area contributed by atoms with Crippen LogP contribution in [-0.2, 0) is 6.42 Å². The summed E-state index contributed by atoms with van der Waals surface area (Å²) in [6.07, 6.45) is 1.20. The Labute approximate surface area is 199 Å². The minimum atomic E-state index is -0.0856. The molecule has 4 rings (SSSR count). The summed E-state index contributed by atoms with van der Waals surface area (Å²) in [5, 5.41) is 0. The van der Waals surface area contributed by atoms with E-state index >= 15 is 0 Å². The van der Waals surface area contributed by atoms with Crippen LogP contribution in [0.25, 0.3) is 0 Å². The van der Waals surface area contributed by atoms with E-state index in [4.69, 9.17) is 23.7 Å². The molecule has 7 nitrogen and oxygen atoms in total. The van der Waals surface area contributed by atoms with Crippen LogP contribution in [-0.4, -0.2) is 59.0 Å². The number of nitrogens with zero attached hydrogens (tertiary/aromatic N) is 1. The number of benzene rings is 2. The first-order valence-corrected chi connectivity index (χ1v) is 9.97. The van der Waals surface area contributed by atoms with Crippen LogP contribution in [0.15, 0.2) is 24.3 Å². The number of carbonyl (C=O) groups excluding carboxylic acids is 1. The molecule has 0 saturated heterocycles. The summed E-state index contributed by atoms with van der Waals surface area (Å²) >= 11 is 0. The number of hydrogen-bond acceptors (Lipinski definition) is 6. The molecule has 0 radical (unpaired) electrons. The van der Waals surface area contributed by atoms with Gasteiger partial charge in [-0.2, -0.15) is 0 Å². The van der Waals surface area contributed by atoms with Gasteiger partial charge in [-0.3, -0.25) is 4.79 Å². The number of fused-ring (bicyclic) bond motifs is 2. The molecule has 0 saturated carbocycles. The van der Waals surface area contributed by atoms with Crippen molar-refractivity contribution in [2.75, 3.05) is 48.8 Å². The van der Waals surface area contributed by atoms with E-state index in [2.05, 4.69) is 14.1 Å².